The van der Waals surface area contributed by atoms with Crippen molar-refractivity contribution in [3.8, 4) is 11.5 Å². The lowest BCUT2D eigenvalue weighted by Crippen LogP contribution is -2.44. The summed E-state index contributed by atoms with van der Waals surface area (Å²) in [6, 6.07) is 2.30. The van der Waals surface area contributed by atoms with Crippen molar-refractivity contribution >= 4 is 33.6 Å². The topological polar surface area (TPSA) is 86.2 Å². The molecule has 23 heavy (non-hydrogen) atoms. The van der Waals surface area contributed by atoms with Crippen molar-refractivity contribution in [3.05, 3.63) is 22.2 Å². The van der Waals surface area contributed by atoms with Gasteiger partial charge in [-0.1, -0.05) is 15.9 Å². The van der Waals surface area contributed by atoms with Crippen molar-refractivity contribution < 1.29 is 23.8 Å². The molecular weight excluding hydrogens is 368 g/mol. The molecule has 2 amide bonds. The predicted octanol–water partition coefficient (Wildman–Crippen LogP) is 2.48. The number of esters is 1. The Morgan fingerprint density at radius 1 is 1.22 bits per heavy atom. The third-order valence-electron chi connectivity index (χ3n) is 3.63. The smallest absolute Gasteiger partial charge is 0.341 e. The first-order valence-electron chi connectivity index (χ1n) is 6.77. The molecular formula is C15H17BrN2O5. The molecule has 0 aromatic heterocycles. The lowest BCUT2D eigenvalue weighted by Gasteiger charge is -2.30. The highest BCUT2D eigenvalue weighted by Crippen LogP contribution is 2.39. The average molecular weight is 385 g/mol. The molecule has 8 heteroatoms. The molecule has 1 heterocycles. The van der Waals surface area contributed by atoms with Crippen molar-refractivity contribution in [1.82, 2.24) is 5.32 Å². The summed E-state index contributed by atoms with van der Waals surface area (Å²) in [7, 11) is 4.34. The summed E-state index contributed by atoms with van der Waals surface area (Å²) in [5.74, 6) is -0.168. The molecule has 1 aromatic carbocycles. The van der Waals surface area contributed by atoms with Crippen molar-refractivity contribution in [3.63, 3.8) is 0 Å². The Morgan fingerprint density at radius 3 is 2.39 bits per heavy atom. The second kappa shape index (κ2) is 6.99. The molecule has 1 aliphatic rings. The summed E-state index contributed by atoms with van der Waals surface area (Å²) < 4.78 is 16.0. The van der Waals surface area contributed by atoms with Gasteiger partial charge >= 0.3 is 12.0 Å². The summed E-state index contributed by atoms with van der Waals surface area (Å²) in [6.45, 7) is 1.63. The third-order valence-corrected chi connectivity index (χ3v) is 4.32. The third kappa shape index (κ3) is 3.31. The van der Waals surface area contributed by atoms with E-state index in [1.54, 1.807) is 19.1 Å². The van der Waals surface area contributed by atoms with Crippen LogP contribution in [0.15, 0.2) is 21.6 Å². The normalized spacial score (nSPS) is 20.4. The molecule has 1 N–H and O–H groups in total. The SMILES string of the molecule is COC(=O)C1C(C)=NC(=O)NC1c1cc(OC)c(OC)cc1Br. The van der Waals surface area contributed by atoms with E-state index in [-0.39, 0.29) is 0 Å². The number of rotatable bonds is 4. The van der Waals surface area contributed by atoms with E-state index in [4.69, 9.17) is 14.2 Å². The van der Waals surface area contributed by atoms with Crippen LogP contribution >= 0.6 is 15.9 Å². The van der Waals surface area contributed by atoms with Gasteiger partial charge < -0.3 is 19.5 Å². The Balaban J connectivity index is 2.56. The van der Waals surface area contributed by atoms with Gasteiger partial charge in [-0.15, -0.1) is 0 Å². The van der Waals surface area contributed by atoms with E-state index in [9.17, 15) is 9.59 Å². The minimum Gasteiger partial charge on any atom is -0.493 e. The monoisotopic (exact) mass is 384 g/mol. The summed E-state index contributed by atoms with van der Waals surface area (Å²) in [6.07, 6.45) is 0. The first-order valence-corrected chi connectivity index (χ1v) is 7.57. The number of benzene rings is 1. The summed E-state index contributed by atoms with van der Waals surface area (Å²) >= 11 is 3.45. The molecule has 7 nitrogen and oxygen atoms in total. The lowest BCUT2D eigenvalue weighted by molar-refractivity contribution is -0.143. The fraction of sp³-hybridized carbons (Fsp3) is 0.400. The quantitative estimate of drug-likeness (QED) is 0.805. The van der Waals surface area contributed by atoms with Gasteiger partial charge in [-0.2, -0.15) is 0 Å². The summed E-state index contributed by atoms with van der Waals surface area (Å²) in [5.41, 5.74) is 1.06. The minimum absolute atomic E-state index is 0.396. The number of nitrogens with zero attached hydrogens (tertiary/aromatic N) is 1. The van der Waals surface area contributed by atoms with E-state index in [2.05, 4.69) is 26.2 Å². The van der Waals surface area contributed by atoms with Crippen molar-refractivity contribution in [2.45, 2.75) is 13.0 Å². The molecule has 0 saturated carbocycles. The number of aliphatic imine (C=N–C) groups is 1. The number of carbonyl (C=O) groups is 2. The molecule has 1 aliphatic heterocycles. The first kappa shape index (κ1) is 17.3. The predicted molar refractivity (Wildman–Crippen MR) is 87.1 cm³/mol. The highest BCUT2D eigenvalue weighted by atomic mass is 79.9. The average Bonchev–Trinajstić information content (AvgIpc) is 2.53. The van der Waals surface area contributed by atoms with Gasteiger partial charge in [-0.25, -0.2) is 9.79 Å². The molecule has 0 aliphatic carbocycles. The highest BCUT2D eigenvalue weighted by Gasteiger charge is 2.39. The Hall–Kier alpha value is -2.09. The maximum absolute atomic E-state index is 12.1. The molecule has 0 radical (unpaired) electrons. The number of carbonyl (C=O) groups excluding carboxylic acids is 2. The van der Waals surface area contributed by atoms with E-state index >= 15 is 0 Å². The summed E-state index contributed by atoms with van der Waals surface area (Å²) in [5, 5.41) is 2.70. The summed E-state index contributed by atoms with van der Waals surface area (Å²) in [4.78, 5) is 27.7. The van der Waals surface area contributed by atoms with E-state index in [0.717, 1.165) is 0 Å². The van der Waals surface area contributed by atoms with E-state index < -0.39 is 24.0 Å². The first-order chi connectivity index (χ1) is 10.9. The van der Waals surface area contributed by atoms with Gasteiger partial charge in [0.25, 0.3) is 0 Å². The minimum atomic E-state index is -0.716. The fourth-order valence-corrected chi connectivity index (χ4v) is 3.09. The van der Waals surface area contributed by atoms with Crippen molar-refractivity contribution in [1.29, 1.82) is 0 Å². The molecule has 0 fully saturated rings. The number of hydrogen-bond acceptors (Lipinski definition) is 5. The molecule has 2 unspecified atom stereocenters. The molecule has 1 aromatic rings. The zero-order valence-electron chi connectivity index (χ0n) is 13.2. The van der Waals surface area contributed by atoms with Crippen LogP contribution in [0.25, 0.3) is 0 Å². The van der Waals surface area contributed by atoms with Crippen LogP contribution in [0.1, 0.15) is 18.5 Å². The van der Waals surface area contributed by atoms with Crippen LogP contribution in [0, 0.1) is 5.92 Å². The Labute approximate surface area is 142 Å². The van der Waals surface area contributed by atoms with Gasteiger partial charge in [0, 0.05) is 10.2 Å². The number of urea groups is 1. The second-order valence-corrected chi connectivity index (χ2v) is 5.76. The molecule has 0 bridgehead atoms. The van der Waals surface area contributed by atoms with Gasteiger partial charge in [0.2, 0.25) is 0 Å². The van der Waals surface area contributed by atoms with Crippen LogP contribution in [0.4, 0.5) is 4.79 Å². The van der Waals surface area contributed by atoms with E-state index in [1.807, 2.05) is 0 Å². The maximum atomic E-state index is 12.1. The van der Waals surface area contributed by atoms with Crippen molar-refractivity contribution in [2.75, 3.05) is 21.3 Å². The number of amides is 2. The molecule has 2 atom stereocenters. The van der Waals surface area contributed by atoms with Crippen LogP contribution in [-0.4, -0.2) is 39.0 Å². The Bertz CT molecular complexity index is 674. The zero-order chi connectivity index (χ0) is 17.1. The van der Waals surface area contributed by atoms with Crippen LogP contribution in [0.3, 0.4) is 0 Å². The van der Waals surface area contributed by atoms with Crippen LogP contribution < -0.4 is 14.8 Å². The molecule has 2 rings (SSSR count). The molecule has 124 valence electrons. The van der Waals surface area contributed by atoms with Gasteiger partial charge in [0.1, 0.15) is 5.92 Å². The van der Waals surface area contributed by atoms with Crippen LogP contribution in [-0.2, 0) is 9.53 Å². The lowest BCUT2D eigenvalue weighted by atomic mass is 9.88. The van der Waals surface area contributed by atoms with Gasteiger partial charge in [-0.05, 0) is 24.6 Å². The maximum Gasteiger partial charge on any atom is 0.341 e. The molecule has 0 saturated heterocycles. The van der Waals surface area contributed by atoms with Crippen LogP contribution in [0.5, 0.6) is 11.5 Å². The highest BCUT2D eigenvalue weighted by molar-refractivity contribution is 9.10. The van der Waals surface area contributed by atoms with Gasteiger partial charge in [0.05, 0.1) is 27.4 Å². The standard InChI is InChI=1S/C15H17BrN2O5/c1-7-12(14(19)23-4)13(18-15(20)17-7)8-5-10(21-2)11(22-3)6-9(8)16/h5-6,12-13H,1-4H3,(H,18,20). The number of halogens is 1. The van der Waals surface area contributed by atoms with Gasteiger partial charge in [-0.3, -0.25) is 4.79 Å². The number of nitrogens with one attached hydrogen (secondary N) is 1. The Kier molecular flexibility index (Phi) is 5.25. The number of ether oxygens (including phenoxy) is 3. The number of hydrogen-bond donors (Lipinski definition) is 1. The number of methoxy groups -OCH3 is 3. The fourth-order valence-electron chi connectivity index (χ4n) is 2.52. The van der Waals surface area contributed by atoms with Gasteiger partial charge in [0.15, 0.2) is 11.5 Å². The zero-order valence-corrected chi connectivity index (χ0v) is 14.8. The van der Waals surface area contributed by atoms with Crippen molar-refractivity contribution in [2.24, 2.45) is 10.9 Å². The second-order valence-electron chi connectivity index (χ2n) is 4.91. The van der Waals surface area contributed by atoms with E-state index in [0.29, 0.717) is 27.2 Å². The largest absolute Gasteiger partial charge is 0.493 e. The van der Waals surface area contributed by atoms with Crippen LogP contribution in [0.2, 0.25) is 0 Å². The molecule has 0 spiro atoms. The Morgan fingerprint density at radius 2 is 1.83 bits per heavy atom. The van der Waals surface area contributed by atoms with E-state index in [1.165, 1.54) is 21.3 Å².